The van der Waals surface area contributed by atoms with Crippen molar-refractivity contribution in [3.05, 3.63) is 76.8 Å². The van der Waals surface area contributed by atoms with E-state index < -0.39 is 5.97 Å². The summed E-state index contributed by atoms with van der Waals surface area (Å²) in [5.74, 6) is 0.882. The van der Waals surface area contributed by atoms with Crippen LogP contribution in [-0.4, -0.2) is 12.6 Å². The first-order chi connectivity index (χ1) is 12.2. The molecule has 0 aliphatic heterocycles. The van der Waals surface area contributed by atoms with Gasteiger partial charge >= 0.3 is 5.97 Å². The van der Waals surface area contributed by atoms with Crippen molar-refractivity contribution < 1.29 is 14.3 Å². The Bertz CT molecular complexity index is 914. The van der Waals surface area contributed by atoms with Gasteiger partial charge in [-0.2, -0.15) is 0 Å². The Morgan fingerprint density at radius 3 is 2.56 bits per heavy atom. The minimum absolute atomic E-state index is 0.426. The minimum atomic E-state index is -0.426. The first-order valence-electron chi connectivity index (χ1n) is 7.97. The van der Waals surface area contributed by atoms with Crippen LogP contribution in [0.5, 0.6) is 11.5 Å². The lowest BCUT2D eigenvalue weighted by Crippen LogP contribution is -2.04. The van der Waals surface area contributed by atoms with Crippen LogP contribution < -0.4 is 9.47 Å². The fourth-order valence-corrected chi connectivity index (χ4v) is 3.02. The largest absolute Gasteiger partial charge is 0.494 e. The lowest BCUT2D eigenvalue weighted by molar-refractivity contribution is -0.128. The van der Waals surface area contributed by atoms with Crippen LogP contribution in [-0.2, 0) is 4.79 Å². The zero-order valence-corrected chi connectivity index (χ0v) is 15.3. The van der Waals surface area contributed by atoms with Crippen molar-refractivity contribution in [3.8, 4) is 11.5 Å². The number of hydrogen-bond donors (Lipinski definition) is 0. The Kier molecular flexibility index (Phi) is 5.51. The monoisotopic (exact) mass is 396 g/mol. The molecule has 0 saturated carbocycles. The summed E-state index contributed by atoms with van der Waals surface area (Å²) < 4.78 is 11.6. The van der Waals surface area contributed by atoms with E-state index >= 15 is 0 Å². The number of esters is 1. The molecule has 0 saturated heterocycles. The molecule has 0 unspecified atom stereocenters. The maximum Gasteiger partial charge on any atom is 0.336 e. The molecule has 3 rings (SSSR count). The number of ether oxygens (including phenoxy) is 2. The van der Waals surface area contributed by atoms with E-state index in [-0.39, 0.29) is 0 Å². The van der Waals surface area contributed by atoms with Crippen molar-refractivity contribution in [2.24, 2.45) is 0 Å². The number of carbonyl (C=O) groups is 1. The molecule has 4 heteroatoms. The standard InChI is InChI=1S/C21H17BrO3/c1-2-24-17-11-7-15(8-12-17)9-14-20(23)25-19-13-10-16-5-3-4-6-18(16)21(19)22/h3-14H,2H2,1H3/b14-9+. The average molecular weight is 397 g/mol. The van der Waals surface area contributed by atoms with E-state index in [1.54, 1.807) is 12.1 Å². The van der Waals surface area contributed by atoms with Crippen LogP contribution in [0.2, 0.25) is 0 Å². The Morgan fingerprint density at radius 2 is 1.80 bits per heavy atom. The molecule has 0 aromatic heterocycles. The normalized spacial score (nSPS) is 11.0. The summed E-state index contributed by atoms with van der Waals surface area (Å²) in [4.78, 5) is 12.1. The van der Waals surface area contributed by atoms with Crippen LogP contribution in [0.4, 0.5) is 0 Å². The van der Waals surface area contributed by atoms with Crippen LogP contribution in [0, 0.1) is 0 Å². The molecule has 0 spiro atoms. The van der Waals surface area contributed by atoms with E-state index in [0.717, 1.165) is 26.6 Å². The van der Waals surface area contributed by atoms with Gasteiger partial charge < -0.3 is 9.47 Å². The molecular formula is C21H17BrO3. The van der Waals surface area contributed by atoms with Crippen molar-refractivity contribution in [3.63, 3.8) is 0 Å². The molecule has 0 bridgehead atoms. The summed E-state index contributed by atoms with van der Waals surface area (Å²) in [6.07, 6.45) is 3.13. The second kappa shape index (κ2) is 7.99. The van der Waals surface area contributed by atoms with Crippen LogP contribution in [0.25, 0.3) is 16.8 Å². The first kappa shape index (κ1) is 17.2. The molecule has 25 heavy (non-hydrogen) atoms. The van der Waals surface area contributed by atoms with Crippen LogP contribution in [0.3, 0.4) is 0 Å². The lowest BCUT2D eigenvalue weighted by Gasteiger charge is -2.07. The van der Waals surface area contributed by atoms with E-state index in [0.29, 0.717) is 12.4 Å². The third-order valence-electron chi connectivity index (χ3n) is 3.64. The summed E-state index contributed by atoms with van der Waals surface area (Å²) in [5.41, 5.74) is 0.901. The van der Waals surface area contributed by atoms with Gasteiger partial charge in [-0.1, -0.05) is 42.5 Å². The fraction of sp³-hybridized carbons (Fsp3) is 0.0952. The second-order valence-corrected chi connectivity index (χ2v) is 6.15. The summed E-state index contributed by atoms with van der Waals surface area (Å²) in [6.45, 7) is 2.57. The van der Waals surface area contributed by atoms with E-state index in [1.807, 2.05) is 61.5 Å². The molecular weight excluding hydrogens is 380 g/mol. The molecule has 126 valence electrons. The van der Waals surface area contributed by atoms with Gasteiger partial charge in [-0.3, -0.25) is 0 Å². The molecule has 3 nitrogen and oxygen atoms in total. The van der Waals surface area contributed by atoms with Gasteiger partial charge in [0.1, 0.15) is 11.5 Å². The van der Waals surface area contributed by atoms with E-state index in [1.165, 1.54) is 6.08 Å². The van der Waals surface area contributed by atoms with Gasteiger partial charge in [0.25, 0.3) is 0 Å². The van der Waals surface area contributed by atoms with Gasteiger partial charge in [0.2, 0.25) is 0 Å². The smallest absolute Gasteiger partial charge is 0.336 e. The van der Waals surface area contributed by atoms with Crippen molar-refractivity contribution in [2.45, 2.75) is 6.92 Å². The number of rotatable bonds is 5. The molecule has 0 fully saturated rings. The Balaban J connectivity index is 1.71. The van der Waals surface area contributed by atoms with Crippen LogP contribution in [0.15, 0.2) is 71.2 Å². The Labute approximate surface area is 155 Å². The van der Waals surface area contributed by atoms with Crippen LogP contribution >= 0.6 is 15.9 Å². The molecule has 3 aromatic rings. The molecule has 0 heterocycles. The molecule has 3 aromatic carbocycles. The van der Waals surface area contributed by atoms with Gasteiger partial charge in [0, 0.05) is 6.08 Å². The highest BCUT2D eigenvalue weighted by molar-refractivity contribution is 9.10. The van der Waals surface area contributed by atoms with Crippen molar-refractivity contribution >= 4 is 38.7 Å². The highest BCUT2D eigenvalue weighted by atomic mass is 79.9. The highest BCUT2D eigenvalue weighted by Crippen LogP contribution is 2.33. The third kappa shape index (κ3) is 4.28. The fourth-order valence-electron chi connectivity index (χ4n) is 2.44. The first-order valence-corrected chi connectivity index (χ1v) is 8.76. The summed E-state index contributed by atoms with van der Waals surface area (Å²) >= 11 is 3.51. The third-order valence-corrected chi connectivity index (χ3v) is 4.46. The van der Waals surface area contributed by atoms with Crippen molar-refractivity contribution in [2.75, 3.05) is 6.61 Å². The van der Waals surface area contributed by atoms with E-state index in [2.05, 4.69) is 15.9 Å². The van der Waals surface area contributed by atoms with Gasteiger partial charge in [-0.15, -0.1) is 0 Å². The number of carbonyl (C=O) groups excluding carboxylic acids is 1. The van der Waals surface area contributed by atoms with Crippen molar-refractivity contribution in [1.82, 2.24) is 0 Å². The second-order valence-electron chi connectivity index (χ2n) is 5.36. The van der Waals surface area contributed by atoms with E-state index in [9.17, 15) is 4.79 Å². The molecule has 0 N–H and O–H groups in total. The molecule has 0 amide bonds. The van der Waals surface area contributed by atoms with E-state index in [4.69, 9.17) is 9.47 Å². The summed E-state index contributed by atoms with van der Waals surface area (Å²) in [7, 11) is 0. The topological polar surface area (TPSA) is 35.5 Å². The SMILES string of the molecule is CCOc1ccc(/C=C/C(=O)Oc2ccc3ccccc3c2Br)cc1. The zero-order valence-electron chi connectivity index (χ0n) is 13.7. The van der Waals surface area contributed by atoms with Gasteiger partial charge in [-0.25, -0.2) is 4.79 Å². The lowest BCUT2D eigenvalue weighted by atomic mass is 10.1. The predicted octanol–water partition coefficient (Wildman–Crippen LogP) is 5.62. The highest BCUT2D eigenvalue weighted by Gasteiger charge is 2.08. The van der Waals surface area contributed by atoms with Gasteiger partial charge in [-0.05, 0) is 63.5 Å². The molecule has 0 radical (unpaired) electrons. The van der Waals surface area contributed by atoms with Gasteiger partial charge in [0.05, 0.1) is 11.1 Å². The predicted molar refractivity (Wildman–Crippen MR) is 104 cm³/mol. The zero-order chi connectivity index (χ0) is 17.6. The minimum Gasteiger partial charge on any atom is -0.494 e. The Morgan fingerprint density at radius 1 is 1.04 bits per heavy atom. The molecule has 0 aliphatic carbocycles. The Hall–Kier alpha value is -2.59. The number of halogens is 1. The van der Waals surface area contributed by atoms with Crippen molar-refractivity contribution in [1.29, 1.82) is 0 Å². The summed E-state index contributed by atoms with van der Waals surface area (Å²) in [5, 5.41) is 2.09. The summed E-state index contributed by atoms with van der Waals surface area (Å²) in [6, 6.07) is 19.1. The average Bonchev–Trinajstić information content (AvgIpc) is 2.64. The number of hydrogen-bond acceptors (Lipinski definition) is 3. The number of fused-ring (bicyclic) bond motifs is 1. The molecule has 0 aliphatic rings. The van der Waals surface area contributed by atoms with Gasteiger partial charge in [0.15, 0.2) is 0 Å². The maximum atomic E-state index is 12.1. The maximum absolute atomic E-state index is 12.1. The quantitative estimate of drug-likeness (QED) is 0.319. The van der Waals surface area contributed by atoms with Crippen LogP contribution in [0.1, 0.15) is 12.5 Å². The number of benzene rings is 3. The molecule has 0 atom stereocenters.